The summed E-state index contributed by atoms with van der Waals surface area (Å²) in [7, 11) is 1.94. The Balaban J connectivity index is 1.63. The summed E-state index contributed by atoms with van der Waals surface area (Å²) in [6, 6.07) is 4.93. The first-order valence-corrected chi connectivity index (χ1v) is 10.1. The Labute approximate surface area is 179 Å². The molecule has 0 bridgehead atoms. The number of halogens is 1. The van der Waals surface area contributed by atoms with Crippen molar-refractivity contribution in [1.29, 1.82) is 0 Å². The average Bonchev–Trinajstić information content (AvgIpc) is 3.48. The summed E-state index contributed by atoms with van der Waals surface area (Å²) in [6.45, 7) is -0.230. The molecule has 154 valence electrons. The highest BCUT2D eigenvalue weighted by molar-refractivity contribution is 6.33. The van der Waals surface area contributed by atoms with Gasteiger partial charge >= 0.3 is 0 Å². The van der Waals surface area contributed by atoms with Crippen LogP contribution in [0.5, 0.6) is 0 Å². The minimum Gasteiger partial charge on any atom is -0.368 e. The van der Waals surface area contributed by atoms with Crippen LogP contribution in [0.3, 0.4) is 0 Å². The standard InChI is InChI=1S/C22H22ClN5O2/c1-28-19(16-9-8-14(12-17(16)23)20(30)25-13-18(24)29)26-27-21(28)22(10-11-22)15-6-4-2-3-5-7-15/h2,4-9,12H,3,10-11,13H2,1H3,(H2,24,29)(H,25,30). The van der Waals surface area contributed by atoms with Crippen LogP contribution in [0.1, 0.15) is 35.4 Å². The van der Waals surface area contributed by atoms with Crippen LogP contribution < -0.4 is 11.1 Å². The number of primary amides is 1. The molecule has 7 nitrogen and oxygen atoms in total. The summed E-state index contributed by atoms with van der Waals surface area (Å²) < 4.78 is 1.98. The Morgan fingerprint density at radius 2 is 2.07 bits per heavy atom. The van der Waals surface area contributed by atoms with Crippen LogP contribution in [0.2, 0.25) is 5.02 Å². The van der Waals surface area contributed by atoms with Crippen molar-refractivity contribution in [2.24, 2.45) is 12.8 Å². The van der Waals surface area contributed by atoms with Gasteiger partial charge in [-0.15, -0.1) is 10.2 Å². The number of carbonyl (C=O) groups is 2. The number of allylic oxidation sites excluding steroid dienone is 6. The van der Waals surface area contributed by atoms with Gasteiger partial charge in [0.1, 0.15) is 5.82 Å². The van der Waals surface area contributed by atoms with Crippen LogP contribution >= 0.6 is 11.6 Å². The number of benzene rings is 1. The van der Waals surface area contributed by atoms with Gasteiger partial charge in [0.2, 0.25) is 5.91 Å². The second-order valence-electron chi connectivity index (χ2n) is 7.52. The Morgan fingerprint density at radius 3 is 2.77 bits per heavy atom. The molecule has 1 heterocycles. The number of rotatable bonds is 6. The average molecular weight is 424 g/mol. The van der Waals surface area contributed by atoms with Gasteiger partial charge in [-0.3, -0.25) is 9.59 Å². The topological polar surface area (TPSA) is 103 Å². The predicted octanol–water partition coefficient (Wildman–Crippen LogP) is 2.82. The van der Waals surface area contributed by atoms with Crippen molar-refractivity contribution in [2.45, 2.75) is 24.7 Å². The summed E-state index contributed by atoms with van der Waals surface area (Å²) in [5.41, 5.74) is 7.21. The lowest BCUT2D eigenvalue weighted by Gasteiger charge is -2.16. The molecule has 2 aliphatic rings. The molecule has 30 heavy (non-hydrogen) atoms. The molecule has 1 fully saturated rings. The van der Waals surface area contributed by atoms with Gasteiger partial charge < -0.3 is 15.6 Å². The lowest BCUT2D eigenvalue weighted by molar-refractivity contribution is -0.117. The molecule has 3 N–H and O–H groups in total. The fourth-order valence-corrected chi connectivity index (χ4v) is 4.02. The van der Waals surface area contributed by atoms with Crippen LogP contribution in [-0.4, -0.2) is 33.1 Å². The normalized spacial score (nSPS) is 16.7. The fourth-order valence-electron chi connectivity index (χ4n) is 3.75. The summed E-state index contributed by atoms with van der Waals surface area (Å²) in [5, 5.41) is 11.7. The molecule has 2 aromatic rings. The van der Waals surface area contributed by atoms with E-state index >= 15 is 0 Å². The van der Waals surface area contributed by atoms with E-state index in [2.05, 4.69) is 45.9 Å². The molecule has 0 spiro atoms. The van der Waals surface area contributed by atoms with Gasteiger partial charge in [-0.1, -0.05) is 42.0 Å². The van der Waals surface area contributed by atoms with Crippen molar-refractivity contribution in [3.63, 3.8) is 0 Å². The van der Waals surface area contributed by atoms with E-state index < -0.39 is 11.8 Å². The molecule has 1 aromatic carbocycles. The van der Waals surface area contributed by atoms with E-state index in [9.17, 15) is 9.59 Å². The van der Waals surface area contributed by atoms with Crippen molar-refractivity contribution >= 4 is 23.4 Å². The maximum atomic E-state index is 12.1. The van der Waals surface area contributed by atoms with Gasteiger partial charge in [0.25, 0.3) is 5.91 Å². The molecular weight excluding hydrogens is 402 g/mol. The summed E-state index contributed by atoms with van der Waals surface area (Å²) in [4.78, 5) is 23.0. The van der Waals surface area contributed by atoms with Crippen molar-refractivity contribution in [3.05, 3.63) is 70.6 Å². The SMILES string of the molecule is Cn1c(-c2ccc(C(=O)NCC(N)=O)cc2Cl)nnc1C1(C2=CC=CCC=C2)CC1. The number of aromatic nitrogens is 3. The zero-order chi connectivity index (χ0) is 21.3. The molecule has 1 aromatic heterocycles. The predicted molar refractivity (Wildman–Crippen MR) is 115 cm³/mol. The summed E-state index contributed by atoms with van der Waals surface area (Å²) in [5.74, 6) is 0.515. The van der Waals surface area contributed by atoms with Crippen LogP contribution in [-0.2, 0) is 17.3 Å². The van der Waals surface area contributed by atoms with Crippen molar-refractivity contribution < 1.29 is 9.59 Å². The second-order valence-corrected chi connectivity index (χ2v) is 7.93. The van der Waals surface area contributed by atoms with E-state index in [1.807, 2.05) is 11.6 Å². The van der Waals surface area contributed by atoms with Gasteiger partial charge in [-0.2, -0.15) is 0 Å². The van der Waals surface area contributed by atoms with Crippen LogP contribution in [0.15, 0.2) is 54.2 Å². The van der Waals surface area contributed by atoms with E-state index in [4.69, 9.17) is 17.3 Å². The van der Waals surface area contributed by atoms with E-state index in [1.165, 1.54) is 5.57 Å². The van der Waals surface area contributed by atoms with Crippen molar-refractivity contribution in [1.82, 2.24) is 20.1 Å². The number of hydrogen-bond acceptors (Lipinski definition) is 4. The van der Waals surface area contributed by atoms with Gasteiger partial charge in [-0.05, 0) is 43.0 Å². The highest BCUT2D eigenvalue weighted by Gasteiger charge is 2.50. The quantitative estimate of drug-likeness (QED) is 0.745. The first kappa shape index (κ1) is 20.1. The fraction of sp³-hybridized carbons (Fsp3) is 0.273. The molecule has 0 radical (unpaired) electrons. The largest absolute Gasteiger partial charge is 0.368 e. The molecule has 2 amide bonds. The monoisotopic (exact) mass is 423 g/mol. The number of nitrogens with two attached hydrogens (primary N) is 1. The number of carbonyl (C=O) groups excluding carboxylic acids is 2. The van der Waals surface area contributed by atoms with Crippen LogP contribution in [0.25, 0.3) is 11.4 Å². The third-order valence-electron chi connectivity index (χ3n) is 5.48. The molecule has 0 unspecified atom stereocenters. The molecule has 8 heteroatoms. The minimum atomic E-state index is -0.610. The molecule has 0 atom stereocenters. The third-order valence-corrected chi connectivity index (χ3v) is 5.79. The maximum absolute atomic E-state index is 12.1. The number of nitrogens with one attached hydrogen (secondary N) is 1. The summed E-state index contributed by atoms with van der Waals surface area (Å²) >= 11 is 6.47. The molecule has 4 rings (SSSR count). The molecule has 0 aliphatic heterocycles. The highest BCUT2D eigenvalue weighted by Crippen LogP contribution is 2.54. The smallest absolute Gasteiger partial charge is 0.251 e. The van der Waals surface area contributed by atoms with E-state index in [0.717, 1.165) is 25.1 Å². The van der Waals surface area contributed by atoms with Gasteiger partial charge in [0.05, 0.1) is 17.0 Å². The molecule has 2 aliphatic carbocycles. The lowest BCUT2D eigenvalue weighted by atomic mass is 9.94. The second kappa shape index (κ2) is 7.91. The van der Waals surface area contributed by atoms with E-state index in [0.29, 0.717) is 22.0 Å². The lowest BCUT2D eigenvalue weighted by Crippen LogP contribution is -2.33. The number of amides is 2. The summed E-state index contributed by atoms with van der Waals surface area (Å²) in [6.07, 6.45) is 13.7. The molecular formula is C22H22ClN5O2. The van der Waals surface area contributed by atoms with Crippen molar-refractivity contribution in [2.75, 3.05) is 6.54 Å². The maximum Gasteiger partial charge on any atom is 0.251 e. The minimum absolute atomic E-state index is 0.119. The first-order valence-electron chi connectivity index (χ1n) is 9.72. The molecule has 1 saturated carbocycles. The van der Waals surface area contributed by atoms with Crippen LogP contribution in [0.4, 0.5) is 0 Å². The number of hydrogen-bond donors (Lipinski definition) is 2. The molecule has 0 saturated heterocycles. The van der Waals surface area contributed by atoms with Gasteiger partial charge in [0, 0.05) is 18.2 Å². The van der Waals surface area contributed by atoms with E-state index in [1.54, 1.807) is 18.2 Å². The Kier molecular flexibility index (Phi) is 5.30. The Bertz CT molecular complexity index is 1110. The van der Waals surface area contributed by atoms with Crippen molar-refractivity contribution in [3.8, 4) is 11.4 Å². The van der Waals surface area contributed by atoms with Gasteiger partial charge in [0.15, 0.2) is 5.82 Å². The number of nitrogens with zero attached hydrogens (tertiary/aromatic N) is 3. The zero-order valence-electron chi connectivity index (χ0n) is 16.6. The van der Waals surface area contributed by atoms with E-state index in [-0.39, 0.29) is 12.0 Å². The highest BCUT2D eigenvalue weighted by atomic mass is 35.5. The van der Waals surface area contributed by atoms with Crippen LogP contribution in [0, 0.1) is 0 Å². The zero-order valence-corrected chi connectivity index (χ0v) is 17.3. The Morgan fingerprint density at radius 1 is 1.27 bits per heavy atom. The third kappa shape index (κ3) is 3.68. The first-order chi connectivity index (χ1) is 14.4. The van der Waals surface area contributed by atoms with Gasteiger partial charge in [-0.25, -0.2) is 0 Å². The Hall–Kier alpha value is -3.19.